The molecule has 7 nitrogen and oxygen atoms in total. The van der Waals surface area contributed by atoms with Crippen molar-refractivity contribution in [2.45, 2.75) is 39.7 Å². The Labute approximate surface area is 185 Å². The molecule has 0 unspecified atom stereocenters. The van der Waals surface area contributed by atoms with Gasteiger partial charge in [0, 0.05) is 13.0 Å². The van der Waals surface area contributed by atoms with Gasteiger partial charge in [0.15, 0.2) is 11.5 Å². The molecule has 31 heavy (non-hydrogen) atoms. The molecule has 0 saturated heterocycles. The Balaban J connectivity index is 1.98. The molecule has 0 heterocycles. The summed E-state index contributed by atoms with van der Waals surface area (Å²) in [5, 5.41) is 2.95. The zero-order valence-electron chi connectivity index (χ0n) is 19.1. The molecule has 0 radical (unpaired) electrons. The van der Waals surface area contributed by atoms with E-state index in [1.165, 1.54) is 10.6 Å². The van der Waals surface area contributed by atoms with E-state index >= 15 is 0 Å². The number of rotatable bonds is 10. The van der Waals surface area contributed by atoms with Gasteiger partial charge in [-0.05, 0) is 68.1 Å². The van der Waals surface area contributed by atoms with Crippen LogP contribution < -0.4 is 19.1 Å². The molecule has 0 saturated carbocycles. The minimum absolute atomic E-state index is 0.143. The van der Waals surface area contributed by atoms with Gasteiger partial charge < -0.3 is 14.8 Å². The van der Waals surface area contributed by atoms with Crippen LogP contribution in [0.15, 0.2) is 36.4 Å². The van der Waals surface area contributed by atoms with Gasteiger partial charge in [-0.2, -0.15) is 0 Å². The van der Waals surface area contributed by atoms with E-state index in [9.17, 15) is 13.2 Å². The molecule has 1 atom stereocenters. The number of sulfonamides is 1. The summed E-state index contributed by atoms with van der Waals surface area (Å²) >= 11 is 0. The Morgan fingerprint density at radius 3 is 2.29 bits per heavy atom. The van der Waals surface area contributed by atoms with E-state index in [-0.39, 0.29) is 24.9 Å². The zero-order valence-corrected chi connectivity index (χ0v) is 19.9. The third kappa shape index (κ3) is 6.62. The summed E-state index contributed by atoms with van der Waals surface area (Å²) in [6, 6.07) is 10.8. The van der Waals surface area contributed by atoms with Gasteiger partial charge in [-0.15, -0.1) is 0 Å². The molecule has 0 aliphatic rings. The van der Waals surface area contributed by atoms with Gasteiger partial charge in [0.05, 0.1) is 32.2 Å². The van der Waals surface area contributed by atoms with Crippen LogP contribution >= 0.6 is 0 Å². The van der Waals surface area contributed by atoms with E-state index in [0.717, 1.165) is 16.7 Å². The Hall–Kier alpha value is -2.74. The highest BCUT2D eigenvalue weighted by Gasteiger charge is 2.19. The van der Waals surface area contributed by atoms with Gasteiger partial charge in [-0.1, -0.05) is 12.1 Å². The van der Waals surface area contributed by atoms with Crippen LogP contribution in [0, 0.1) is 13.8 Å². The number of hydrogen-bond acceptors (Lipinski definition) is 5. The minimum atomic E-state index is -3.45. The number of nitrogens with zero attached hydrogens (tertiary/aromatic N) is 1. The van der Waals surface area contributed by atoms with Crippen LogP contribution in [0.25, 0.3) is 0 Å². The summed E-state index contributed by atoms with van der Waals surface area (Å²) < 4.78 is 36.5. The third-order valence-corrected chi connectivity index (χ3v) is 6.42. The standard InChI is InChI=1S/C23H32N2O5S/c1-16-9-11-20(14-17(16)2)25(31(6,27)28)13-7-8-23(26)24-18(3)19-10-12-21(29-4)22(15-19)30-5/h9-12,14-15,18H,7-8,13H2,1-6H3,(H,24,26)/t18-/m1/s1. The molecule has 0 aliphatic heterocycles. The maximum atomic E-state index is 12.4. The molecule has 1 N–H and O–H groups in total. The Morgan fingerprint density at radius 2 is 1.71 bits per heavy atom. The molecular weight excluding hydrogens is 416 g/mol. The zero-order chi connectivity index (χ0) is 23.2. The first-order chi connectivity index (χ1) is 14.6. The summed E-state index contributed by atoms with van der Waals surface area (Å²) in [6.45, 7) is 6.05. The number of nitrogens with one attached hydrogen (secondary N) is 1. The number of anilines is 1. The Kier molecular flexibility index (Phi) is 8.33. The van der Waals surface area contributed by atoms with Gasteiger partial charge in [0.2, 0.25) is 15.9 Å². The van der Waals surface area contributed by atoms with E-state index in [1.54, 1.807) is 26.4 Å². The second-order valence-corrected chi connectivity index (χ2v) is 9.52. The molecule has 8 heteroatoms. The fourth-order valence-corrected chi connectivity index (χ4v) is 4.23. The smallest absolute Gasteiger partial charge is 0.232 e. The van der Waals surface area contributed by atoms with Gasteiger partial charge in [-0.25, -0.2) is 8.42 Å². The summed E-state index contributed by atoms with van der Waals surface area (Å²) in [4.78, 5) is 12.4. The second-order valence-electron chi connectivity index (χ2n) is 7.61. The first-order valence-electron chi connectivity index (χ1n) is 10.1. The molecule has 2 rings (SSSR count). The lowest BCUT2D eigenvalue weighted by molar-refractivity contribution is -0.121. The SMILES string of the molecule is COc1ccc([C@@H](C)NC(=O)CCCN(c2ccc(C)c(C)c2)S(C)(=O)=O)cc1OC. The average molecular weight is 449 g/mol. The highest BCUT2D eigenvalue weighted by molar-refractivity contribution is 7.92. The Bertz CT molecular complexity index is 1020. The lowest BCUT2D eigenvalue weighted by Gasteiger charge is -2.23. The molecule has 0 aliphatic carbocycles. The van der Waals surface area contributed by atoms with Gasteiger partial charge >= 0.3 is 0 Å². The van der Waals surface area contributed by atoms with Gasteiger partial charge in [0.1, 0.15) is 0 Å². The van der Waals surface area contributed by atoms with Crippen LogP contribution in [0.4, 0.5) is 5.69 Å². The monoisotopic (exact) mass is 448 g/mol. The summed E-state index contributed by atoms with van der Waals surface area (Å²) in [7, 11) is -0.317. The van der Waals surface area contributed by atoms with Gasteiger partial charge in [-0.3, -0.25) is 9.10 Å². The second kappa shape index (κ2) is 10.5. The van der Waals surface area contributed by atoms with E-state index in [2.05, 4.69) is 5.32 Å². The van der Waals surface area contributed by atoms with Crippen molar-refractivity contribution in [1.82, 2.24) is 5.32 Å². The van der Waals surface area contributed by atoms with Crippen molar-refractivity contribution in [2.24, 2.45) is 0 Å². The van der Waals surface area contributed by atoms with E-state index in [1.807, 2.05) is 45.0 Å². The van der Waals surface area contributed by atoms with Crippen molar-refractivity contribution >= 4 is 21.6 Å². The average Bonchev–Trinajstić information content (AvgIpc) is 2.71. The molecular formula is C23H32N2O5S. The number of carbonyl (C=O) groups is 1. The number of benzene rings is 2. The summed E-state index contributed by atoms with van der Waals surface area (Å²) in [6.07, 6.45) is 1.81. The number of amides is 1. The molecule has 0 bridgehead atoms. The van der Waals surface area contributed by atoms with Crippen LogP contribution in [0.1, 0.15) is 42.5 Å². The predicted molar refractivity (Wildman–Crippen MR) is 123 cm³/mol. The topological polar surface area (TPSA) is 84.9 Å². The summed E-state index contributed by atoms with van der Waals surface area (Å²) in [5.74, 6) is 1.08. The molecule has 1 amide bonds. The fraction of sp³-hybridized carbons (Fsp3) is 0.435. The van der Waals surface area contributed by atoms with Crippen LogP contribution in [-0.4, -0.2) is 41.3 Å². The van der Waals surface area contributed by atoms with E-state index < -0.39 is 10.0 Å². The van der Waals surface area contributed by atoms with Crippen LogP contribution in [0.3, 0.4) is 0 Å². The maximum Gasteiger partial charge on any atom is 0.232 e. The van der Waals surface area contributed by atoms with Gasteiger partial charge in [0.25, 0.3) is 0 Å². The third-order valence-electron chi connectivity index (χ3n) is 5.23. The number of methoxy groups -OCH3 is 2. The number of carbonyl (C=O) groups excluding carboxylic acids is 1. The van der Waals surface area contributed by atoms with Crippen LogP contribution in [0.2, 0.25) is 0 Å². The number of ether oxygens (including phenoxy) is 2. The quantitative estimate of drug-likeness (QED) is 0.598. The molecule has 0 aromatic heterocycles. The minimum Gasteiger partial charge on any atom is -0.493 e. The number of hydrogen-bond donors (Lipinski definition) is 1. The molecule has 2 aromatic carbocycles. The van der Waals surface area contributed by atoms with E-state index in [4.69, 9.17) is 9.47 Å². The Morgan fingerprint density at radius 1 is 1.03 bits per heavy atom. The lowest BCUT2D eigenvalue weighted by atomic mass is 10.1. The van der Waals surface area contributed by atoms with Crippen LogP contribution in [-0.2, 0) is 14.8 Å². The number of aryl methyl sites for hydroxylation is 2. The maximum absolute atomic E-state index is 12.4. The van der Waals surface area contributed by atoms with E-state index in [0.29, 0.717) is 23.6 Å². The highest BCUT2D eigenvalue weighted by atomic mass is 32.2. The normalized spacial score (nSPS) is 12.2. The largest absolute Gasteiger partial charge is 0.493 e. The fourth-order valence-electron chi connectivity index (χ4n) is 3.27. The molecule has 0 spiro atoms. The highest BCUT2D eigenvalue weighted by Crippen LogP contribution is 2.30. The van der Waals surface area contributed by atoms with Crippen molar-refractivity contribution in [1.29, 1.82) is 0 Å². The van der Waals surface area contributed by atoms with Crippen molar-refractivity contribution in [3.05, 3.63) is 53.1 Å². The first kappa shape index (κ1) is 24.5. The lowest BCUT2D eigenvalue weighted by Crippen LogP contribution is -2.32. The predicted octanol–water partition coefficient (Wildman–Crippen LogP) is 3.74. The van der Waals surface area contributed by atoms with Crippen molar-refractivity contribution in [2.75, 3.05) is 31.3 Å². The van der Waals surface area contributed by atoms with Crippen molar-refractivity contribution < 1.29 is 22.7 Å². The molecule has 170 valence electrons. The van der Waals surface area contributed by atoms with Crippen molar-refractivity contribution in [3.63, 3.8) is 0 Å². The van der Waals surface area contributed by atoms with Crippen LogP contribution in [0.5, 0.6) is 11.5 Å². The van der Waals surface area contributed by atoms with Crippen molar-refractivity contribution in [3.8, 4) is 11.5 Å². The first-order valence-corrected chi connectivity index (χ1v) is 12.0. The summed E-state index contributed by atoms with van der Waals surface area (Å²) in [5.41, 5.74) is 3.62. The molecule has 0 fully saturated rings. The molecule has 2 aromatic rings.